The average Bonchev–Trinajstić information content (AvgIpc) is 3.50. The molecule has 0 unspecified atom stereocenters. The molecule has 0 spiro atoms. The van der Waals surface area contributed by atoms with Gasteiger partial charge in [-0.1, -0.05) is 52.3 Å². The lowest BCUT2D eigenvalue weighted by Crippen LogP contribution is -2.53. The van der Waals surface area contributed by atoms with E-state index in [2.05, 4.69) is 21.2 Å². The molecule has 0 saturated carbocycles. The number of carbonyl (C=O) groups is 4. The molecule has 3 aromatic carbocycles. The van der Waals surface area contributed by atoms with Gasteiger partial charge in [-0.15, -0.1) is 0 Å². The molecule has 2 saturated heterocycles. The first-order valence-electron chi connectivity index (χ1n) is 12.8. The average molecular weight is 590 g/mol. The number of aryl methyl sites for hydroxylation is 1. The van der Waals surface area contributed by atoms with Crippen LogP contribution in [0.25, 0.3) is 0 Å². The Labute approximate surface area is 234 Å². The standard InChI is InChI=1S/C30H28BrN3O5/c1-18-5-2-3-8-23(18)29(38)34-17-26(36)27-25(34)13-14-33(27)30(39)24(15-19-9-11-22(35)12-10-19)32-28(37)20-6-4-7-21(31)16-20/h2-12,16,24-25,27,35H,13-15,17H2,1H3,(H,32,37)/t24-,25+,27-/m0/s1. The zero-order chi connectivity index (χ0) is 27.7. The maximum Gasteiger partial charge on any atom is 0.254 e. The van der Waals surface area contributed by atoms with Crippen LogP contribution in [0.5, 0.6) is 5.75 Å². The molecule has 3 atom stereocenters. The van der Waals surface area contributed by atoms with E-state index in [0.717, 1.165) is 15.6 Å². The van der Waals surface area contributed by atoms with Gasteiger partial charge in [0.1, 0.15) is 17.8 Å². The normalized spacial score (nSPS) is 19.1. The van der Waals surface area contributed by atoms with Gasteiger partial charge in [-0.25, -0.2) is 0 Å². The second-order valence-electron chi connectivity index (χ2n) is 9.95. The summed E-state index contributed by atoms with van der Waals surface area (Å²) in [4.78, 5) is 56.7. The van der Waals surface area contributed by atoms with Crippen molar-refractivity contribution < 1.29 is 24.3 Å². The second-order valence-corrected chi connectivity index (χ2v) is 10.9. The molecule has 0 aromatic heterocycles. The molecule has 2 aliphatic rings. The molecule has 5 rings (SSSR count). The Morgan fingerprint density at radius 2 is 1.77 bits per heavy atom. The van der Waals surface area contributed by atoms with Gasteiger partial charge in [-0.05, 0) is 60.9 Å². The third-order valence-corrected chi connectivity index (χ3v) is 7.90. The minimum Gasteiger partial charge on any atom is -0.508 e. The summed E-state index contributed by atoms with van der Waals surface area (Å²) >= 11 is 3.37. The molecular weight excluding hydrogens is 562 g/mol. The summed E-state index contributed by atoms with van der Waals surface area (Å²) in [6.07, 6.45) is 0.651. The van der Waals surface area contributed by atoms with Crippen LogP contribution in [0, 0.1) is 6.92 Å². The molecule has 9 heteroatoms. The fraction of sp³-hybridized carbons (Fsp3) is 0.267. The van der Waals surface area contributed by atoms with Gasteiger partial charge in [0.25, 0.3) is 11.8 Å². The number of benzene rings is 3. The number of carbonyl (C=O) groups excluding carboxylic acids is 4. The highest BCUT2D eigenvalue weighted by Crippen LogP contribution is 2.32. The summed E-state index contributed by atoms with van der Waals surface area (Å²) in [5, 5.41) is 12.5. The molecule has 39 heavy (non-hydrogen) atoms. The molecule has 0 radical (unpaired) electrons. The van der Waals surface area contributed by atoms with Crippen LogP contribution in [-0.4, -0.2) is 69.6 Å². The first-order valence-corrected chi connectivity index (χ1v) is 13.6. The van der Waals surface area contributed by atoms with Crippen molar-refractivity contribution in [2.45, 2.75) is 37.9 Å². The van der Waals surface area contributed by atoms with Gasteiger partial charge in [0.05, 0.1) is 12.6 Å². The topological polar surface area (TPSA) is 107 Å². The van der Waals surface area contributed by atoms with Crippen LogP contribution in [-0.2, 0) is 16.0 Å². The number of ketones is 1. The zero-order valence-corrected chi connectivity index (χ0v) is 22.9. The van der Waals surface area contributed by atoms with E-state index in [1.165, 1.54) is 17.0 Å². The molecule has 0 bridgehead atoms. The molecule has 2 fully saturated rings. The molecular formula is C30H28BrN3O5. The summed E-state index contributed by atoms with van der Waals surface area (Å²) in [6.45, 7) is 2.10. The number of fused-ring (bicyclic) bond motifs is 1. The number of phenolic OH excluding ortho intramolecular Hbond substituents is 1. The van der Waals surface area contributed by atoms with Crippen molar-refractivity contribution in [1.82, 2.24) is 15.1 Å². The van der Waals surface area contributed by atoms with E-state index in [0.29, 0.717) is 24.1 Å². The molecule has 2 aliphatic heterocycles. The van der Waals surface area contributed by atoms with Crippen LogP contribution in [0.15, 0.2) is 77.3 Å². The van der Waals surface area contributed by atoms with E-state index in [1.54, 1.807) is 53.4 Å². The highest BCUT2D eigenvalue weighted by molar-refractivity contribution is 9.10. The first-order chi connectivity index (χ1) is 18.7. The lowest BCUT2D eigenvalue weighted by molar-refractivity contribution is -0.138. The number of aromatic hydroxyl groups is 1. The number of hydrogen-bond acceptors (Lipinski definition) is 5. The molecule has 8 nitrogen and oxygen atoms in total. The Balaban J connectivity index is 1.39. The van der Waals surface area contributed by atoms with Crippen LogP contribution in [0.4, 0.5) is 0 Å². The number of rotatable bonds is 6. The van der Waals surface area contributed by atoms with E-state index >= 15 is 0 Å². The van der Waals surface area contributed by atoms with Crippen molar-refractivity contribution >= 4 is 39.4 Å². The third-order valence-electron chi connectivity index (χ3n) is 7.41. The van der Waals surface area contributed by atoms with Crippen LogP contribution >= 0.6 is 15.9 Å². The summed E-state index contributed by atoms with van der Waals surface area (Å²) < 4.78 is 0.730. The van der Waals surface area contributed by atoms with Gasteiger partial charge in [-0.3, -0.25) is 19.2 Å². The number of hydrogen-bond donors (Lipinski definition) is 2. The summed E-state index contributed by atoms with van der Waals surface area (Å²) in [7, 11) is 0. The quantitative estimate of drug-likeness (QED) is 0.457. The Morgan fingerprint density at radius 1 is 1.03 bits per heavy atom. The van der Waals surface area contributed by atoms with E-state index in [1.807, 2.05) is 19.1 Å². The maximum absolute atomic E-state index is 13.9. The van der Waals surface area contributed by atoms with E-state index in [9.17, 15) is 24.3 Å². The summed E-state index contributed by atoms with van der Waals surface area (Å²) in [6, 6.07) is 18.4. The van der Waals surface area contributed by atoms with Crippen molar-refractivity contribution in [3.05, 3.63) is 99.5 Å². The highest BCUT2D eigenvalue weighted by atomic mass is 79.9. The summed E-state index contributed by atoms with van der Waals surface area (Å²) in [5.41, 5.74) is 2.50. The maximum atomic E-state index is 13.9. The van der Waals surface area contributed by atoms with Crippen molar-refractivity contribution in [2.24, 2.45) is 0 Å². The molecule has 0 aliphatic carbocycles. The minimum absolute atomic E-state index is 0.0562. The molecule has 2 heterocycles. The van der Waals surface area contributed by atoms with Gasteiger partial charge < -0.3 is 20.2 Å². The number of nitrogens with zero attached hydrogens (tertiary/aromatic N) is 2. The number of phenols is 1. The van der Waals surface area contributed by atoms with Gasteiger partial charge >= 0.3 is 0 Å². The predicted octanol–water partition coefficient (Wildman–Crippen LogP) is 3.50. The van der Waals surface area contributed by atoms with E-state index in [-0.39, 0.29) is 36.3 Å². The first kappa shape index (κ1) is 26.6. The zero-order valence-electron chi connectivity index (χ0n) is 21.3. The smallest absolute Gasteiger partial charge is 0.254 e. The fourth-order valence-electron chi connectivity index (χ4n) is 5.45. The fourth-order valence-corrected chi connectivity index (χ4v) is 5.85. The van der Waals surface area contributed by atoms with Crippen LogP contribution in [0.3, 0.4) is 0 Å². The van der Waals surface area contributed by atoms with Gasteiger partial charge in [0.15, 0.2) is 5.78 Å². The Morgan fingerprint density at radius 3 is 2.49 bits per heavy atom. The Bertz CT molecular complexity index is 1440. The van der Waals surface area contributed by atoms with Crippen LogP contribution in [0.1, 0.15) is 38.3 Å². The number of likely N-dealkylation sites (tertiary alicyclic amines) is 2. The number of halogens is 1. The third kappa shape index (κ3) is 5.45. The van der Waals surface area contributed by atoms with Crippen molar-refractivity contribution in [3.8, 4) is 5.75 Å². The second kappa shape index (κ2) is 11.0. The monoisotopic (exact) mass is 589 g/mol. The van der Waals surface area contributed by atoms with Gasteiger partial charge in [-0.2, -0.15) is 0 Å². The van der Waals surface area contributed by atoms with E-state index in [4.69, 9.17) is 0 Å². The lowest BCUT2D eigenvalue weighted by atomic mass is 10.0. The number of nitrogens with one attached hydrogen (secondary N) is 1. The van der Waals surface area contributed by atoms with Gasteiger partial charge in [0, 0.05) is 28.6 Å². The number of amides is 3. The minimum atomic E-state index is -0.950. The van der Waals surface area contributed by atoms with E-state index < -0.39 is 24.0 Å². The molecule has 3 amide bonds. The molecule has 2 N–H and O–H groups in total. The summed E-state index contributed by atoms with van der Waals surface area (Å²) in [5.74, 6) is -1.10. The Hall–Kier alpha value is -3.98. The van der Waals surface area contributed by atoms with Crippen molar-refractivity contribution in [3.63, 3.8) is 0 Å². The molecule has 200 valence electrons. The predicted molar refractivity (Wildman–Crippen MR) is 148 cm³/mol. The van der Waals surface area contributed by atoms with Crippen LogP contribution < -0.4 is 5.32 Å². The Kier molecular flexibility index (Phi) is 7.52. The SMILES string of the molecule is Cc1ccccc1C(=O)N1CC(=O)[C@@H]2[C@H]1CCN2C(=O)[C@H](Cc1ccc(O)cc1)NC(=O)c1cccc(Br)c1. The lowest BCUT2D eigenvalue weighted by Gasteiger charge is -2.28. The number of Topliss-reactive ketones (excluding diaryl/α,β-unsaturated/α-hetero) is 1. The van der Waals surface area contributed by atoms with Crippen molar-refractivity contribution in [2.75, 3.05) is 13.1 Å². The van der Waals surface area contributed by atoms with Crippen molar-refractivity contribution in [1.29, 1.82) is 0 Å². The largest absolute Gasteiger partial charge is 0.508 e. The van der Waals surface area contributed by atoms with Crippen LogP contribution in [0.2, 0.25) is 0 Å². The van der Waals surface area contributed by atoms with Gasteiger partial charge in [0.2, 0.25) is 5.91 Å². The highest BCUT2D eigenvalue weighted by Gasteiger charge is 2.52. The molecule has 3 aromatic rings.